The third-order valence-electron chi connectivity index (χ3n) is 6.74. The number of hydrogen-bond donors (Lipinski definition) is 2. The lowest BCUT2D eigenvalue weighted by Gasteiger charge is -2.27. The molecule has 14 heteroatoms. The lowest BCUT2D eigenvalue weighted by atomic mass is 10.0. The number of cyclic esters (lactones) is 1. The molecule has 1 aliphatic heterocycles. The molecule has 2 aromatic carbocycles. The zero-order valence-corrected chi connectivity index (χ0v) is 26.6. The van der Waals surface area contributed by atoms with Gasteiger partial charge in [0.15, 0.2) is 0 Å². The van der Waals surface area contributed by atoms with E-state index in [1.807, 2.05) is 39.1 Å². The van der Waals surface area contributed by atoms with Gasteiger partial charge in [-0.3, -0.25) is 15.2 Å². The molecule has 0 aliphatic carbocycles. The summed E-state index contributed by atoms with van der Waals surface area (Å²) in [5.41, 5.74) is 2.67. The van der Waals surface area contributed by atoms with Crippen LogP contribution in [-0.4, -0.2) is 79.6 Å². The zero-order chi connectivity index (χ0) is 33.6. The predicted octanol–water partition coefficient (Wildman–Crippen LogP) is 5.83. The van der Waals surface area contributed by atoms with Gasteiger partial charge in [-0.05, 0) is 70.9 Å². The summed E-state index contributed by atoms with van der Waals surface area (Å²) in [5, 5.41) is 29.4. The largest absolute Gasteiger partial charge is 0.515 e. The summed E-state index contributed by atoms with van der Waals surface area (Å²) in [6, 6.07) is 11.6. The van der Waals surface area contributed by atoms with E-state index < -0.39 is 29.7 Å². The van der Waals surface area contributed by atoms with Crippen molar-refractivity contribution in [2.45, 2.75) is 65.9 Å². The molecule has 1 saturated heterocycles. The Balaban J connectivity index is 1.40. The average Bonchev–Trinajstić information content (AvgIpc) is 3.57. The third kappa shape index (κ3) is 8.67. The average molecular weight is 636 g/mol. The quantitative estimate of drug-likeness (QED) is 0.122. The van der Waals surface area contributed by atoms with E-state index >= 15 is 4.39 Å². The van der Waals surface area contributed by atoms with Crippen LogP contribution in [0.4, 0.5) is 19.7 Å². The van der Waals surface area contributed by atoms with E-state index in [0.717, 1.165) is 22.2 Å². The van der Waals surface area contributed by atoms with Crippen molar-refractivity contribution in [2.75, 3.05) is 18.0 Å². The fraction of sp³-hybridized carbons (Fsp3) is 0.375. The van der Waals surface area contributed by atoms with Gasteiger partial charge in [0.05, 0.1) is 43.0 Å². The van der Waals surface area contributed by atoms with Crippen LogP contribution in [0.25, 0.3) is 11.1 Å². The molecule has 0 radical (unpaired) electrons. The maximum absolute atomic E-state index is 15.4. The highest BCUT2D eigenvalue weighted by Gasteiger charge is 2.36. The zero-order valence-electron chi connectivity index (χ0n) is 26.6. The van der Waals surface area contributed by atoms with Gasteiger partial charge >= 0.3 is 12.2 Å². The summed E-state index contributed by atoms with van der Waals surface area (Å²) in [6.45, 7) is 10.9. The Labute approximate surface area is 266 Å². The number of aromatic nitrogens is 3. The highest BCUT2D eigenvalue weighted by molar-refractivity contribution is 6.00. The molecule has 2 N–H and O–H groups in total. The molecule has 0 saturated carbocycles. The SMILES string of the molecule is C/C(=N\OC(C)Cn1cc(C)nn1)c1ccc(-c2ccc(N3CC(CN(C(=N)/C=C\O)C(=O)OC(C)(C)C)OC3=O)cc2F)cc1. The normalized spacial score (nSPS) is 16.0. The summed E-state index contributed by atoms with van der Waals surface area (Å²) < 4.78 is 27.8. The number of amidine groups is 1. The van der Waals surface area contributed by atoms with Gasteiger partial charge in [-0.2, -0.15) is 0 Å². The lowest BCUT2D eigenvalue weighted by molar-refractivity contribution is 0.0307. The molecule has 2 unspecified atom stereocenters. The van der Waals surface area contributed by atoms with Gasteiger partial charge in [0.2, 0.25) is 0 Å². The molecule has 2 amide bonds. The van der Waals surface area contributed by atoms with E-state index in [1.54, 1.807) is 49.7 Å². The number of oxime groups is 1. The molecule has 0 bridgehead atoms. The molecule has 244 valence electrons. The first-order valence-corrected chi connectivity index (χ1v) is 14.6. The third-order valence-corrected chi connectivity index (χ3v) is 6.74. The van der Waals surface area contributed by atoms with E-state index in [0.29, 0.717) is 29.6 Å². The number of aliphatic hydroxyl groups excluding tert-OH is 1. The molecular weight excluding hydrogens is 597 g/mol. The van der Waals surface area contributed by atoms with Gasteiger partial charge in [0.25, 0.3) is 0 Å². The molecule has 4 rings (SSSR count). The van der Waals surface area contributed by atoms with Crippen LogP contribution in [0.3, 0.4) is 0 Å². The minimum absolute atomic E-state index is 0.000488. The van der Waals surface area contributed by atoms with E-state index in [4.69, 9.17) is 24.8 Å². The number of carbonyl (C=O) groups is 2. The highest BCUT2D eigenvalue weighted by atomic mass is 19.1. The molecule has 1 aromatic heterocycles. The second-order valence-electron chi connectivity index (χ2n) is 11.8. The van der Waals surface area contributed by atoms with Crippen molar-refractivity contribution >= 4 is 29.4 Å². The summed E-state index contributed by atoms with van der Waals surface area (Å²) >= 11 is 0. The first kappa shape index (κ1) is 33.6. The highest BCUT2D eigenvalue weighted by Crippen LogP contribution is 2.30. The van der Waals surface area contributed by atoms with Gasteiger partial charge in [-0.1, -0.05) is 34.6 Å². The fourth-order valence-corrected chi connectivity index (χ4v) is 4.58. The second-order valence-corrected chi connectivity index (χ2v) is 11.8. The van der Waals surface area contributed by atoms with E-state index in [1.165, 1.54) is 11.0 Å². The Morgan fingerprint density at radius 2 is 2.00 bits per heavy atom. The monoisotopic (exact) mass is 635 g/mol. The molecule has 13 nitrogen and oxygen atoms in total. The minimum atomic E-state index is -0.841. The molecule has 0 spiro atoms. The van der Waals surface area contributed by atoms with Crippen LogP contribution in [0, 0.1) is 18.2 Å². The van der Waals surface area contributed by atoms with Crippen LogP contribution in [0.5, 0.6) is 0 Å². The summed E-state index contributed by atoms with van der Waals surface area (Å²) in [4.78, 5) is 33.3. The summed E-state index contributed by atoms with van der Waals surface area (Å²) in [6.07, 6.45) is 0.816. The van der Waals surface area contributed by atoms with Crippen molar-refractivity contribution in [1.29, 1.82) is 5.41 Å². The van der Waals surface area contributed by atoms with Crippen LogP contribution in [0.15, 0.2) is 66.2 Å². The van der Waals surface area contributed by atoms with Gasteiger partial charge in [-0.25, -0.2) is 18.7 Å². The number of hydrogen-bond acceptors (Lipinski definition) is 10. The van der Waals surface area contributed by atoms with Gasteiger partial charge < -0.3 is 19.4 Å². The summed E-state index contributed by atoms with van der Waals surface area (Å²) in [5.74, 6) is -0.896. The van der Waals surface area contributed by atoms with Crippen molar-refractivity contribution in [3.63, 3.8) is 0 Å². The number of halogens is 1. The fourth-order valence-electron chi connectivity index (χ4n) is 4.58. The topological polar surface area (TPSA) is 155 Å². The number of ether oxygens (including phenoxy) is 2. The summed E-state index contributed by atoms with van der Waals surface area (Å²) in [7, 11) is 0. The number of aryl methyl sites for hydroxylation is 1. The van der Waals surface area contributed by atoms with Crippen molar-refractivity contribution in [1.82, 2.24) is 19.9 Å². The van der Waals surface area contributed by atoms with Crippen LogP contribution >= 0.6 is 0 Å². The number of rotatable bonds is 10. The number of aliphatic hydroxyl groups is 1. The van der Waals surface area contributed by atoms with Crippen LogP contribution in [0.1, 0.15) is 45.9 Å². The Bertz CT molecular complexity index is 1630. The minimum Gasteiger partial charge on any atom is -0.515 e. The molecule has 1 aliphatic rings. The Kier molecular flexibility index (Phi) is 10.4. The molecular formula is C32H38FN7O6. The standard InChI is InChI=1S/C32H38FN7O6/c1-20-16-38(37-35-20)17-21(2)46-36-22(3)23-7-9-24(10-8-23)27-12-11-25(15-28(27)33)39-18-26(44-30(39)42)19-40(29(34)13-14-41)31(43)45-32(4,5)6/h7-16,21,26,34,41H,17-19H2,1-6H3/b14-13-,34-29?,36-22+. The molecule has 3 aromatic rings. The van der Waals surface area contributed by atoms with Gasteiger partial charge in [-0.15, -0.1) is 5.10 Å². The van der Waals surface area contributed by atoms with Gasteiger partial charge in [0.1, 0.15) is 29.5 Å². The number of nitrogens with zero attached hydrogens (tertiary/aromatic N) is 6. The maximum atomic E-state index is 15.4. The lowest BCUT2D eigenvalue weighted by Crippen LogP contribution is -2.44. The van der Waals surface area contributed by atoms with E-state index in [-0.39, 0.29) is 30.7 Å². The van der Waals surface area contributed by atoms with Crippen LogP contribution in [0.2, 0.25) is 0 Å². The Morgan fingerprint density at radius 3 is 2.61 bits per heavy atom. The first-order chi connectivity index (χ1) is 21.7. The first-order valence-electron chi connectivity index (χ1n) is 14.6. The number of benzene rings is 2. The van der Waals surface area contributed by atoms with Crippen molar-refractivity contribution in [3.05, 3.63) is 78.1 Å². The molecule has 2 atom stereocenters. The number of nitrogens with one attached hydrogen (secondary N) is 1. The van der Waals surface area contributed by atoms with Gasteiger partial charge in [0, 0.05) is 17.8 Å². The number of anilines is 1. The maximum Gasteiger partial charge on any atom is 0.416 e. The van der Waals surface area contributed by atoms with Crippen molar-refractivity contribution in [3.8, 4) is 11.1 Å². The van der Waals surface area contributed by atoms with Crippen LogP contribution < -0.4 is 4.90 Å². The number of carbonyl (C=O) groups excluding carboxylic acids is 2. The Morgan fingerprint density at radius 1 is 1.28 bits per heavy atom. The number of amides is 2. The second kappa shape index (κ2) is 14.2. The molecule has 2 heterocycles. The van der Waals surface area contributed by atoms with E-state index in [2.05, 4.69) is 15.5 Å². The molecule has 46 heavy (non-hydrogen) atoms. The van der Waals surface area contributed by atoms with Crippen LogP contribution in [-0.2, 0) is 20.9 Å². The van der Waals surface area contributed by atoms with Crippen molar-refractivity contribution < 1.29 is 33.4 Å². The Hall–Kier alpha value is -5.27. The predicted molar refractivity (Wildman–Crippen MR) is 169 cm³/mol. The van der Waals surface area contributed by atoms with Crippen molar-refractivity contribution in [2.24, 2.45) is 5.16 Å². The smallest absolute Gasteiger partial charge is 0.416 e. The molecule has 1 fully saturated rings. The van der Waals surface area contributed by atoms with E-state index in [9.17, 15) is 9.59 Å².